The third kappa shape index (κ3) is 2.07. The number of nitro groups is 1. The summed E-state index contributed by atoms with van der Waals surface area (Å²) in [5.41, 5.74) is -0.155. The number of aromatic nitrogens is 3. The molecule has 0 bridgehead atoms. The van der Waals surface area contributed by atoms with Crippen molar-refractivity contribution in [2.75, 3.05) is 0 Å². The van der Waals surface area contributed by atoms with E-state index < -0.39 is 10.7 Å². The Bertz CT molecular complexity index is 649. The maximum absolute atomic E-state index is 13.1. The second-order valence-electron chi connectivity index (χ2n) is 3.33. The van der Waals surface area contributed by atoms with Gasteiger partial charge in [0.05, 0.1) is 10.5 Å². The van der Waals surface area contributed by atoms with E-state index in [1.165, 1.54) is 4.68 Å². The van der Waals surface area contributed by atoms with Crippen molar-refractivity contribution in [3.63, 3.8) is 0 Å². The summed E-state index contributed by atoms with van der Waals surface area (Å²) in [7, 11) is 1.62. The van der Waals surface area contributed by atoms with Crippen LogP contribution in [0.1, 0.15) is 0 Å². The highest BCUT2D eigenvalue weighted by atomic mass is 32.1. The Kier molecular flexibility index (Phi) is 2.72. The molecule has 0 atom stereocenters. The highest BCUT2D eigenvalue weighted by Gasteiger charge is 2.18. The Morgan fingerprint density at radius 3 is 2.82 bits per heavy atom. The molecule has 0 radical (unpaired) electrons. The van der Waals surface area contributed by atoms with Gasteiger partial charge < -0.3 is 0 Å². The molecule has 0 aliphatic rings. The summed E-state index contributed by atoms with van der Waals surface area (Å²) >= 11 is 4.87. The predicted molar refractivity (Wildman–Crippen MR) is 60.4 cm³/mol. The first kappa shape index (κ1) is 11.4. The molecule has 0 fully saturated rings. The van der Waals surface area contributed by atoms with Crippen LogP contribution >= 0.6 is 12.2 Å². The van der Waals surface area contributed by atoms with Crippen LogP contribution in [0.4, 0.5) is 10.1 Å². The van der Waals surface area contributed by atoms with Crippen LogP contribution < -0.4 is 0 Å². The molecule has 88 valence electrons. The van der Waals surface area contributed by atoms with Crippen molar-refractivity contribution in [3.8, 4) is 11.4 Å². The van der Waals surface area contributed by atoms with Crippen LogP contribution in [0.25, 0.3) is 11.4 Å². The lowest BCUT2D eigenvalue weighted by molar-refractivity contribution is -0.384. The maximum Gasteiger partial charge on any atom is 0.280 e. The minimum atomic E-state index is -0.597. The van der Waals surface area contributed by atoms with E-state index in [-0.39, 0.29) is 21.8 Å². The van der Waals surface area contributed by atoms with Crippen LogP contribution in [0.15, 0.2) is 18.2 Å². The number of aryl methyl sites for hydroxylation is 1. The van der Waals surface area contributed by atoms with Gasteiger partial charge in [0.15, 0.2) is 5.82 Å². The van der Waals surface area contributed by atoms with Gasteiger partial charge in [-0.1, -0.05) is 0 Å². The molecule has 0 saturated heterocycles. The van der Waals surface area contributed by atoms with E-state index in [9.17, 15) is 14.5 Å². The minimum Gasteiger partial charge on any atom is -0.279 e. The normalized spacial score (nSPS) is 10.5. The SMILES string of the molecule is Cn1[nH]c(-c2cc(F)ccc2[N+](=O)[O-])nc1=S. The third-order valence-electron chi connectivity index (χ3n) is 2.18. The van der Waals surface area contributed by atoms with Crippen molar-refractivity contribution in [1.82, 2.24) is 14.8 Å². The lowest BCUT2D eigenvalue weighted by Crippen LogP contribution is -1.95. The number of rotatable bonds is 2. The quantitative estimate of drug-likeness (QED) is 0.506. The molecule has 17 heavy (non-hydrogen) atoms. The van der Waals surface area contributed by atoms with Gasteiger partial charge in [0.1, 0.15) is 5.82 Å². The summed E-state index contributed by atoms with van der Waals surface area (Å²) in [6, 6.07) is 3.17. The fourth-order valence-corrected chi connectivity index (χ4v) is 1.52. The molecular formula is C9H7FN4O2S. The highest BCUT2D eigenvalue weighted by molar-refractivity contribution is 7.71. The van der Waals surface area contributed by atoms with E-state index in [4.69, 9.17) is 12.2 Å². The van der Waals surface area contributed by atoms with Crippen molar-refractivity contribution in [1.29, 1.82) is 0 Å². The zero-order chi connectivity index (χ0) is 12.6. The fraction of sp³-hybridized carbons (Fsp3) is 0.111. The van der Waals surface area contributed by atoms with Crippen molar-refractivity contribution < 1.29 is 9.31 Å². The van der Waals surface area contributed by atoms with Crippen LogP contribution in [0.3, 0.4) is 0 Å². The molecule has 0 aliphatic carbocycles. The number of aromatic amines is 1. The summed E-state index contributed by atoms with van der Waals surface area (Å²) in [4.78, 5) is 14.1. The zero-order valence-electron chi connectivity index (χ0n) is 8.68. The van der Waals surface area contributed by atoms with E-state index in [0.717, 1.165) is 18.2 Å². The van der Waals surface area contributed by atoms with Crippen LogP contribution in [-0.2, 0) is 7.05 Å². The molecule has 0 aliphatic heterocycles. The van der Waals surface area contributed by atoms with E-state index in [0.29, 0.717) is 0 Å². The van der Waals surface area contributed by atoms with Crippen molar-refractivity contribution >= 4 is 17.9 Å². The number of nitro benzene ring substituents is 1. The lowest BCUT2D eigenvalue weighted by atomic mass is 10.1. The molecule has 0 saturated carbocycles. The zero-order valence-corrected chi connectivity index (χ0v) is 9.49. The van der Waals surface area contributed by atoms with E-state index in [1.54, 1.807) is 7.05 Å². The Balaban J connectivity index is 2.68. The summed E-state index contributed by atoms with van der Waals surface area (Å²) in [6.07, 6.45) is 0. The molecule has 1 heterocycles. The molecule has 1 aromatic carbocycles. The molecule has 0 spiro atoms. The monoisotopic (exact) mass is 254 g/mol. The predicted octanol–water partition coefficient (Wildman–Crippen LogP) is 2.19. The lowest BCUT2D eigenvalue weighted by Gasteiger charge is -1.99. The summed E-state index contributed by atoms with van der Waals surface area (Å²) in [5.74, 6) is -0.403. The van der Waals surface area contributed by atoms with Gasteiger partial charge in [-0.2, -0.15) is 4.98 Å². The second kappa shape index (κ2) is 4.06. The molecule has 2 aromatic rings. The van der Waals surface area contributed by atoms with Gasteiger partial charge in [-0.3, -0.25) is 19.9 Å². The topological polar surface area (TPSA) is 76.8 Å². The van der Waals surface area contributed by atoms with Crippen LogP contribution in [0, 0.1) is 20.7 Å². The van der Waals surface area contributed by atoms with Gasteiger partial charge in [0, 0.05) is 13.1 Å². The first-order valence-corrected chi connectivity index (χ1v) is 4.97. The standard InChI is InChI=1S/C9H7FN4O2S/c1-13-9(17)11-8(12-13)6-4-5(10)2-3-7(6)14(15)16/h2-4H,1H3,(H,11,12,17). The molecule has 0 amide bonds. The molecule has 0 unspecified atom stereocenters. The summed E-state index contributed by atoms with van der Waals surface area (Å²) < 4.78 is 14.8. The third-order valence-corrected chi connectivity index (χ3v) is 2.54. The van der Waals surface area contributed by atoms with Gasteiger partial charge in [-0.15, -0.1) is 0 Å². The largest absolute Gasteiger partial charge is 0.280 e. The van der Waals surface area contributed by atoms with Crippen LogP contribution in [-0.4, -0.2) is 19.7 Å². The second-order valence-corrected chi connectivity index (χ2v) is 3.70. The van der Waals surface area contributed by atoms with Gasteiger partial charge in [0.25, 0.3) is 5.69 Å². The number of nitrogens with one attached hydrogen (secondary N) is 1. The van der Waals surface area contributed by atoms with Gasteiger partial charge >= 0.3 is 0 Å². The maximum atomic E-state index is 13.1. The number of benzene rings is 1. The van der Waals surface area contributed by atoms with E-state index in [1.807, 2.05) is 0 Å². The average Bonchev–Trinajstić information content (AvgIpc) is 2.58. The molecule has 1 aromatic heterocycles. The highest BCUT2D eigenvalue weighted by Crippen LogP contribution is 2.27. The van der Waals surface area contributed by atoms with Gasteiger partial charge in [0.2, 0.25) is 4.77 Å². The van der Waals surface area contributed by atoms with Crippen molar-refractivity contribution in [2.24, 2.45) is 7.05 Å². The van der Waals surface area contributed by atoms with Crippen LogP contribution in [0.2, 0.25) is 0 Å². The fourth-order valence-electron chi connectivity index (χ4n) is 1.38. The molecule has 1 N–H and O–H groups in total. The first-order valence-electron chi connectivity index (χ1n) is 4.56. The van der Waals surface area contributed by atoms with E-state index in [2.05, 4.69) is 10.1 Å². The number of hydrogen-bond donors (Lipinski definition) is 1. The minimum absolute atomic E-state index is 0.0710. The van der Waals surface area contributed by atoms with Crippen LogP contribution in [0.5, 0.6) is 0 Å². The number of nitrogens with zero attached hydrogens (tertiary/aromatic N) is 3. The number of H-pyrrole nitrogens is 1. The van der Waals surface area contributed by atoms with Crippen molar-refractivity contribution in [3.05, 3.63) is 38.9 Å². The average molecular weight is 254 g/mol. The summed E-state index contributed by atoms with van der Waals surface area (Å²) in [5, 5.41) is 13.5. The Labute approximate surface area is 99.9 Å². The number of halogens is 1. The molecular weight excluding hydrogens is 247 g/mol. The van der Waals surface area contributed by atoms with Gasteiger partial charge in [-0.05, 0) is 24.4 Å². The van der Waals surface area contributed by atoms with Crippen molar-refractivity contribution in [2.45, 2.75) is 0 Å². The smallest absolute Gasteiger partial charge is 0.279 e. The van der Waals surface area contributed by atoms with E-state index >= 15 is 0 Å². The summed E-state index contributed by atoms with van der Waals surface area (Å²) in [6.45, 7) is 0. The first-order chi connectivity index (χ1) is 7.99. The molecule has 6 nitrogen and oxygen atoms in total. The Hall–Kier alpha value is -2.09. The molecule has 2 rings (SSSR count). The number of hydrogen-bond acceptors (Lipinski definition) is 4. The van der Waals surface area contributed by atoms with Gasteiger partial charge in [-0.25, -0.2) is 4.39 Å². The molecule has 8 heteroatoms. The Morgan fingerprint density at radius 2 is 2.29 bits per heavy atom. The Morgan fingerprint density at radius 1 is 1.59 bits per heavy atom.